The molecule has 2 heteroatoms. The summed E-state index contributed by atoms with van der Waals surface area (Å²) in [7, 11) is 8.58. The first-order valence-electron chi connectivity index (χ1n) is 10.00. The van der Waals surface area contributed by atoms with Crippen molar-refractivity contribution in [2.75, 3.05) is 28.2 Å². The summed E-state index contributed by atoms with van der Waals surface area (Å²) in [6, 6.07) is 18.6. The summed E-state index contributed by atoms with van der Waals surface area (Å²) in [6.45, 7) is 2.03. The van der Waals surface area contributed by atoms with Crippen LogP contribution in [0, 0.1) is 0 Å². The van der Waals surface area contributed by atoms with E-state index in [1.165, 1.54) is 47.9 Å². The number of rotatable bonds is 6. The molecule has 0 bridgehead atoms. The first-order valence-corrected chi connectivity index (χ1v) is 10.00. The average molecular weight is 351 g/mol. The van der Waals surface area contributed by atoms with E-state index in [1.807, 2.05) is 0 Å². The van der Waals surface area contributed by atoms with Crippen molar-refractivity contribution in [2.24, 2.45) is 0 Å². The van der Waals surface area contributed by atoms with E-state index in [1.54, 1.807) is 0 Å². The third kappa shape index (κ3) is 4.96. The molecular weight excluding hydrogens is 316 g/mol. The number of hydrogen-bond acceptors (Lipinski definition) is 2. The minimum absolute atomic E-state index is 0.653. The Morgan fingerprint density at radius 1 is 0.692 bits per heavy atom. The number of nitrogens with zero attached hydrogens (tertiary/aromatic N) is 2. The molecule has 26 heavy (non-hydrogen) atoms. The summed E-state index contributed by atoms with van der Waals surface area (Å²) in [4.78, 5) is 4.50. The third-order valence-electron chi connectivity index (χ3n) is 5.52. The first kappa shape index (κ1) is 19.1. The molecule has 0 aliphatic heterocycles. The predicted molar refractivity (Wildman–Crippen MR) is 112 cm³/mol. The Balaban J connectivity index is 1.87. The maximum atomic E-state index is 2.45. The van der Waals surface area contributed by atoms with Gasteiger partial charge in [0.05, 0.1) is 0 Å². The van der Waals surface area contributed by atoms with E-state index in [0.29, 0.717) is 11.8 Å². The molecule has 0 heterocycles. The van der Waals surface area contributed by atoms with Gasteiger partial charge in [0, 0.05) is 13.1 Å². The maximum absolute atomic E-state index is 2.45. The van der Waals surface area contributed by atoms with Crippen LogP contribution in [0.25, 0.3) is 0 Å². The van der Waals surface area contributed by atoms with Crippen LogP contribution in [-0.2, 0) is 13.1 Å². The van der Waals surface area contributed by atoms with E-state index in [-0.39, 0.29) is 0 Å². The van der Waals surface area contributed by atoms with Crippen LogP contribution < -0.4 is 0 Å². The van der Waals surface area contributed by atoms with Crippen molar-refractivity contribution in [2.45, 2.75) is 50.6 Å². The highest BCUT2D eigenvalue weighted by Gasteiger charge is 2.28. The molecule has 0 saturated heterocycles. The van der Waals surface area contributed by atoms with Crippen LogP contribution in [0.2, 0.25) is 0 Å². The molecule has 2 unspecified atom stereocenters. The van der Waals surface area contributed by atoms with Gasteiger partial charge in [0.1, 0.15) is 0 Å². The van der Waals surface area contributed by atoms with Gasteiger partial charge in [-0.2, -0.15) is 0 Å². The molecule has 2 aromatic carbocycles. The molecule has 2 nitrogen and oxygen atoms in total. The fraction of sp³-hybridized carbons (Fsp3) is 0.500. The molecule has 1 aliphatic carbocycles. The summed E-state index contributed by atoms with van der Waals surface area (Å²) in [5, 5.41) is 0. The normalized spacial score (nSPS) is 20.7. The second kappa shape index (κ2) is 8.83. The van der Waals surface area contributed by atoms with Crippen molar-refractivity contribution in [1.29, 1.82) is 0 Å². The predicted octanol–water partition coefficient (Wildman–Crippen LogP) is 5.25. The maximum Gasteiger partial charge on any atom is 0.0227 e. The molecule has 2 atom stereocenters. The van der Waals surface area contributed by atoms with Crippen LogP contribution >= 0.6 is 0 Å². The lowest BCUT2D eigenvalue weighted by atomic mass is 9.72. The molecule has 2 aromatic rings. The van der Waals surface area contributed by atoms with E-state index < -0.39 is 0 Å². The minimum atomic E-state index is 0.653. The summed E-state index contributed by atoms with van der Waals surface area (Å²) >= 11 is 0. The van der Waals surface area contributed by atoms with Crippen molar-refractivity contribution in [3.8, 4) is 0 Å². The van der Waals surface area contributed by atoms with Gasteiger partial charge in [-0.05, 0) is 75.1 Å². The fourth-order valence-electron chi connectivity index (χ4n) is 4.50. The van der Waals surface area contributed by atoms with Gasteiger partial charge in [-0.3, -0.25) is 0 Å². The molecule has 140 valence electrons. The van der Waals surface area contributed by atoms with Gasteiger partial charge >= 0.3 is 0 Å². The summed E-state index contributed by atoms with van der Waals surface area (Å²) in [6.07, 6.45) is 5.34. The second-order valence-corrected chi connectivity index (χ2v) is 8.46. The van der Waals surface area contributed by atoms with Gasteiger partial charge in [0.25, 0.3) is 0 Å². The Labute approximate surface area is 159 Å². The quantitative estimate of drug-likeness (QED) is 0.702. The summed E-state index contributed by atoms with van der Waals surface area (Å²) in [5.41, 5.74) is 5.93. The molecule has 1 aliphatic rings. The van der Waals surface area contributed by atoms with E-state index >= 15 is 0 Å². The van der Waals surface area contributed by atoms with Gasteiger partial charge in [0.2, 0.25) is 0 Å². The van der Waals surface area contributed by atoms with Gasteiger partial charge in [-0.15, -0.1) is 0 Å². The third-order valence-corrected chi connectivity index (χ3v) is 5.52. The van der Waals surface area contributed by atoms with E-state index in [4.69, 9.17) is 0 Å². The molecule has 0 radical (unpaired) electrons. The van der Waals surface area contributed by atoms with E-state index in [0.717, 1.165) is 13.1 Å². The van der Waals surface area contributed by atoms with Crippen LogP contribution in [-0.4, -0.2) is 38.0 Å². The molecule has 0 N–H and O–H groups in total. The summed E-state index contributed by atoms with van der Waals surface area (Å²) < 4.78 is 0. The molecular formula is C24H34N2. The largest absolute Gasteiger partial charge is 0.305 e. The molecule has 1 fully saturated rings. The standard InChI is InChI=1S/C24H34N2/c1-25(2)17-19-9-7-11-21(15-19)23-13-5-6-14-24(23)22-12-8-10-20(16-22)18-26(3)4/h7-12,15-16,23-24H,5-6,13-14,17-18H2,1-4H3. The highest BCUT2D eigenvalue weighted by molar-refractivity contribution is 5.34. The summed E-state index contributed by atoms with van der Waals surface area (Å²) in [5.74, 6) is 1.31. The lowest BCUT2D eigenvalue weighted by Crippen LogP contribution is -2.18. The zero-order valence-electron chi connectivity index (χ0n) is 16.9. The molecule has 0 amide bonds. The van der Waals surface area contributed by atoms with E-state index in [9.17, 15) is 0 Å². The Bertz CT molecular complexity index is 643. The number of benzene rings is 2. The SMILES string of the molecule is CN(C)Cc1cccc(C2CCCCC2c2cccc(CN(C)C)c2)c1. The molecule has 1 saturated carbocycles. The fourth-order valence-corrected chi connectivity index (χ4v) is 4.50. The Hall–Kier alpha value is -1.64. The minimum Gasteiger partial charge on any atom is -0.305 e. The number of hydrogen-bond donors (Lipinski definition) is 0. The highest BCUT2D eigenvalue weighted by Crippen LogP contribution is 2.44. The van der Waals surface area contributed by atoms with Crippen molar-refractivity contribution in [3.63, 3.8) is 0 Å². The zero-order chi connectivity index (χ0) is 18.5. The molecule has 0 spiro atoms. The van der Waals surface area contributed by atoms with Crippen LogP contribution in [0.1, 0.15) is 59.8 Å². The Morgan fingerprint density at radius 3 is 1.50 bits per heavy atom. The second-order valence-electron chi connectivity index (χ2n) is 8.46. The van der Waals surface area contributed by atoms with Crippen molar-refractivity contribution >= 4 is 0 Å². The average Bonchev–Trinajstić information content (AvgIpc) is 2.61. The van der Waals surface area contributed by atoms with Gasteiger partial charge in [-0.1, -0.05) is 61.4 Å². The smallest absolute Gasteiger partial charge is 0.0227 e. The Kier molecular flexibility index (Phi) is 6.50. The lowest BCUT2D eigenvalue weighted by molar-refractivity contribution is 0.381. The Morgan fingerprint density at radius 2 is 1.12 bits per heavy atom. The van der Waals surface area contributed by atoms with Crippen molar-refractivity contribution in [3.05, 3.63) is 70.8 Å². The van der Waals surface area contributed by atoms with Crippen LogP contribution in [0.3, 0.4) is 0 Å². The van der Waals surface area contributed by atoms with Crippen LogP contribution in [0.4, 0.5) is 0 Å². The molecule has 0 aromatic heterocycles. The molecule has 3 rings (SSSR count). The van der Waals surface area contributed by atoms with Gasteiger partial charge < -0.3 is 9.80 Å². The van der Waals surface area contributed by atoms with Crippen molar-refractivity contribution < 1.29 is 0 Å². The van der Waals surface area contributed by atoms with Gasteiger partial charge in [-0.25, -0.2) is 0 Å². The monoisotopic (exact) mass is 350 g/mol. The van der Waals surface area contributed by atoms with Crippen LogP contribution in [0.15, 0.2) is 48.5 Å². The first-order chi connectivity index (χ1) is 12.5. The van der Waals surface area contributed by atoms with E-state index in [2.05, 4.69) is 86.5 Å². The topological polar surface area (TPSA) is 6.48 Å². The lowest BCUT2D eigenvalue weighted by Gasteiger charge is -2.33. The zero-order valence-corrected chi connectivity index (χ0v) is 16.9. The van der Waals surface area contributed by atoms with Crippen LogP contribution in [0.5, 0.6) is 0 Å². The van der Waals surface area contributed by atoms with Crippen molar-refractivity contribution in [1.82, 2.24) is 9.80 Å². The highest BCUT2D eigenvalue weighted by atomic mass is 15.1. The van der Waals surface area contributed by atoms with Gasteiger partial charge in [0.15, 0.2) is 0 Å².